The summed E-state index contributed by atoms with van der Waals surface area (Å²) in [5, 5.41) is 2.15. The van der Waals surface area contributed by atoms with Crippen LogP contribution in [0.1, 0.15) is 12.8 Å². The van der Waals surface area contributed by atoms with Gasteiger partial charge in [-0.05, 0) is 30.2 Å². The van der Waals surface area contributed by atoms with E-state index in [1.807, 2.05) is 23.1 Å². The van der Waals surface area contributed by atoms with Crippen LogP contribution in [0.15, 0.2) is 21.7 Å². The Kier molecular flexibility index (Phi) is 3.70. The van der Waals surface area contributed by atoms with Crippen molar-refractivity contribution in [1.29, 1.82) is 0 Å². The molecule has 0 saturated carbocycles. The van der Waals surface area contributed by atoms with Gasteiger partial charge in [-0.1, -0.05) is 6.07 Å². The molecule has 3 heteroatoms. The van der Waals surface area contributed by atoms with Crippen molar-refractivity contribution < 1.29 is 4.74 Å². The van der Waals surface area contributed by atoms with Crippen LogP contribution < -0.4 is 0 Å². The maximum absolute atomic E-state index is 5.33. The molecule has 13 heavy (non-hydrogen) atoms. The van der Waals surface area contributed by atoms with Crippen molar-refractivity contribution in [2.75, 3.05) is 19.0 Å². The fraction of sp³-hybridized carbons (Fsp3) is 0.600. The smallest absolute Gasteiger partial charge is 0.0598 e. The third-order valence-electron chi connectivity index (χ3n) is 2.30. The highest BCUT2D eigenvalue weighted by molar-refractivity contribution is 8.01. The van der Waals surface area contributed by atoms with Gasteiger partial charge >= 0.3 is 0 Å². The zero-order valence-electron chi connectivity index (χ0n) is 7.57. The van der Waals surface area contributed by atoms with Gasteiger partial charge in [-0.3, -0.25) is 0 Å². The van der Waals surface area contributed by atoms with Crippen LogP contribution in [-0.2, 0) is 4.74 Å². The molecule has 0 radical (unpaired) electrons. The predicted molar refractivity (Wildman–Crippen MR) is 58.6 cm³/mol. The Morgan fingerprint density at radius 2 is 2.31 bits per heavy atom. The van der Waals surface area contributed by atoms with E-state index in [0.717, 1.165) is 19.1 Å². The van der Waals surface area contributed by atoms with Gasteiger partial charge in [0.25, 0.3) is 0 Å². The minimum atomic E-state index is 0.876. The highest BCUT2D eigenvalue weighted by Crippen LogP contribution is 2.28. The molecule has 1 aliphatic heterocycles. The van der Waals surface area contributed by atoms with Gasteiger partial charge in [0.1, 0.15) is 0 Å². The van der Waals surface area contributed by atoms with Crippen molar-refractivity contribution >= 4 is 23.1 Å². The standard InChI is InChI=1S/C10H14OS2/c1-2-10(12-7-1)13-8-9-3-5-11-6-4-9/h1-2,7,9H,3-6,8H2. The van der Waals surface area contributed by atoms with Crippen LogP contribution in [0.3, 0.4) is 0 Å². The van der Waals surface area contributed by atoms with E-state index in [0.29, 0.717) is 0 Å². The summed E-state index contributed by atoms with van der Waals surface area (Å²) in [5.74, 6) is 2.14. The van der Waals surface area contributed by atoms with Gasteiger partial charge in [0, 0.05) is 19.0 Å². The quantitative estimate of drug-likeness (QED) is 0.714. The molecule has 0 unspecified atom stereocenters. The first-order valence-corrected chi connectivity index (χ1v) is 6.56. The van der Waals surface area contributed by atoms with Gasteiger partial charge in [0.2, 0.25) is 0 Å². The Morgan fingerprint density at radius 3 is 3.00 bits per heavy atom. The van der Waals surface area contributed by atoms with Crippen molar-refractivity contribution in [1.82, 2.24) is 0 Å². The Bertz CT molecular complexity index is 227. The molecule has 0 amide bonds. The molecule has 0 aliphatic carbocycles. The van der Waals surface area contributed by atoms with Gasteiger partial charge in [-0.25, -0.2) is 0 Å². The van der Waals surface area contributed by atoms with Gasteiger partial charge in [0.15, 0.2) is 0 Å². The summed E-state index contributed by atoms with van der Waals surface area (Å²) in [4.78, 5) is 0. The lowest BCUT2D eigenvalue weighted by Crippen LogP contribution is -2.17. The molecule has 1 nitrogen and oxygen atoms in total. The van der Waals surface area contributed by atoms with Crippen LogP contribution >= 0.6 is 23.1 Å². The van der Waals surface area contributed by atoms with Crippen LogP contribution in [0.4, 0.5) is 0 Å². The number of hydrogen-bond donors (Lipinski definition) is 0. The fourth-order valence-electron chi connectivity index (χ4n) is 1.46. The summed E-state index contributed by atoms with van der Waals surface area (Å²) in [7, 11) is 0. The highest BCUT2D eigenvalue weighted by Gasteiger charge is 2.13. The van der Waals surface area contributed by atoms with E-state index in [2.05, 4.69) is 17.5 Å². The van der Waals surface area contributed by atoms with Gasteiger partial charge in [-0.2, -0.15) is 0 Å². The van der Waals surface area contributed by atoms with Gasteiger partial charge in [0.05, 0.1) is 4.21 Å². The van der Waals surface area contributed by atoms with Crippen molar-refractivity contribution in [3.63, 3.8) is 0 Å². The molecule has 0 spiro atoms. The second-order valence-electron chi connectivity index (χ2n) is 3.30. The zero-order valence-corrected chi connectivity index (χ0v) is 9.20. The Morgan fingerprint density at radius 1 is 1.46 bits per heavy atom. The lowest BCUT2D eigenvalue weighted by atomic mass is 10.0. The molecule has 0 N–H and O–H groups in total. The highest BCUT2D eigenvalue weighted by atomic mass is 32.2. The van der Waals surface area contributed by atoms with E-state index in [-0.39, 0.29) is 0 Å². The first-order chi connectivity index (χ1) is 6.45. The average Bonchev–Trinajstić information content (AvgIpc) is 2.69. The third-order valence-corrected chi connectivity index (χ3v) is 4.66. The minimum Gasteiger partial charge on any atom is -0.381 e. The molecule has 0 atom stereocenters. The van der Waals surface area contributed by atoms with Gasteiger partial charge < -0.3 is 4.74 Å². The summed E-state index contributed by atoms with van der Waals surface area (Å²) in [5.41, 5.74) is 0. The molecular weight excluding hydrogens is 200 g/mol. The lowest BCUT2D eigenvalue weighted by Gasteiger charge is -2.20. The Labute approximate surface area is 87.5 Å². The number of thiophene rings is 1. The number of thioether (sulfide) groups is 1. The largest absolute Gasteiger partial charge is 0.381 e. The van der Waals surface area contributed by atoms with E-state index in [9.17, 15) is 0 Å². The van der Waals surface area contributed by atoms with Crippen molar-refractivity contribution in [2.45, 2.75) is 17.1 Å². The Balaban J connectivity index is 1.72. The molecule has 1 aromatic heterocycles. The van der Waals surface area contributed by atoms with Crippen LogP contribution in [0.2, 0.25) is 0 Å². The summed E-state index contributed by atoms with van der Waals surface area (Å²) in [6.45, 7) is 1.94. The molecule has 0 bridgehead atoms. The summed E-state index contributed by atoms with van der Waals surface area (Å²) in [6, 6.07) is 4.33. The summed E-state index contributed by atoms with van der Waals surface area (Å²) in [6.07, 6.45) is 2.50. The Hall–Kier alpha value is 0.01000. The van der Waals surface area contributed by atoms with Crippen LogP contribution in [0, 0.1) is 5.92 Å². The first-order valence-electron chi connectivity index (χ1n) is 4.69. The number of hydrogen-bond acceptors (Lipinski definition) is 3. The first kappa shape index (κ1) is 9.56. The molecule has 1 fully saturated rings. The normalized spacial score (nSPS) is 19.1. The molecule has 0 aromatic carbocycles. The SMILES string of the molecule is c1csc(SCC2CCOCC2)c1. The van der Waals surface area contributed by atoms with Crippen molar-refractivity contribution in [3.05, 3.63) is 17.5 Å². The van der Waals surface area contributed by atoms with Crippen molar-refractivity contribution in [2.24, 2.45) is 5.92 Å². The van der Waals surface area contributed by atoms with E-state index in [1.165, 1.54) is 22.8 Å². The van der Waals surface area contributed by atoms with Gasteiger partial charge in [-0.15, -0.1) is 23.1 Å². The number of ether oxygens (including phenoxy) is 1. The van der Waals surface area contributed by atoms with Crippen molar-refractivity contribution in [3.8, 4) is 0 Å². The zero-order chi connectivity index (χ0) is 8.93. The maximum atomic E-state index is 5.33. The predicted octanol–water partition coefficient (Wildman–Crippen LogP) is 3.27. The van der Waals surface area contributed by atoms with Crippen LogP contribution in [-0.4, -0.2) is 19.0 Å². The van der Waals surface area contributed by atoms with Crippen LogP contribution in [0.5, 0.6) is 0 Å². The van der Waals surface area contributed by atoms with E-state index >= 15 is 0 Å². The monoisotopic (exact) mass is 214 g/mol. The third kappa shape index (κ3) is 3.01. The summed E-state index contributed by atoms with van der Waals surface area (Å²) < 4.78 is 6.78. The lowest BCUT2D eigenvalue weighted by molar-refractivity contribution is 0.0728. The second kappa shape index (κ2) is 5.03. The molecular formula is C10H14OS2. The fourth-order valence-corrected chi connectivity index (χ4v) is 3.46. The maximum Gasteiger partial charge on any atom is 0.0598 e. The molecule has 2 rings (SSSR count). The minimum absolute atomic E-state index is 0.876. The second-order valence-corrected chi connectivity index (χ2v) is 5.57. The average molecular weight is 214 g/mol. The van der Waals surface area contributed by atoms with E-state index < -0.39 is 0 Å². The molecule has 1 saturated heterocycles. The molecule has 1 aliphatic rings. The van der Waals surface area contributed by atoms with Crippen LogP contribution in [0.25, 0.3) is 0 Å². The molecule has 2 heterocycles. The van der Waals surface area contributed by atoms with E-state index in [1.54, 1.807) is 0 Å². The topological polar surface area (TPSA) is 9.23 Å². The summed E-state index contributed by atoms with van der Waals surface area (Å²) >= 11 is 3.84. The van der Waals surface area contributed by atoms with E-state index in [4.69, 9.17) is 4.74 Å². The number of rotatable bonds is 3. The molecule has 1 aromatic rings. The molecule has 72 valence electrons.